The second kappa shape index (κ2) is 4.28. The Labute approximate surface area is 111 Å². The highest BCUT2D eigenvalue weighted by Gasteiger charge is 2.53. The number of nitrogens with zero attached hydrogens (tertiary/aromatic N) is 1. The summed E-state index contributed by atoms with van der Waals surface area (Å²) in [6.45, 7) is 1.82. The van der Waals surface area contributed by atoms with Crippen LogP contribution in [0.15, 0.2) is 12.3 Å². The number of hydrogen-bond acceptors (Lipinski definition) is 3. The minimum absolute atomic E-state index is 0.232. The maximum atomic E-state index is 12.1. The Hall–Kier alpha value is -1.01. The highest BCUT2D eigenvalue weighted by Crippen LogP contribution is 2.45. The standard InChI is InChI=1S/C11H15ClN2O3S/c1-3-11(4-5-11)18(16,17)13-10(15)9-6-8(12)7-14(9)2/h6-7H,3-5H2,1-2H3,(H,13,15). The predicted molar refractivity (Wildman–Crippen MR) is 69.1 cm³/mol. The molecule has 1 aliphatic rings. The summed E-state index contributed by atoms with van der Waals surface area (Å²) >= 11 is 5.76. The van der Waals surface area contributed by atoms with Crippen molar-refractivity contribution in [2.45, 2.75) is 30.9 Å². The largest absolute Gasteiger partial charge is 0.345 e. The number of hydrogen-bond donors (Lipinski definition) is 1. The van der Waals surface area contributed by atoms with E-state index in [1.807, 2.05) is 6.92 Å². The van der Waals surface area contributed by atoms with Crippen LogP contribution < -0.4 is 4.72 Å². The van der Waals surface area contributed by atoms with E-state index < -0.39 is 20.7 Å². The first-order chi connectivity index (χ1) is 8.31. The van der Waals surface area contributed by atoms with Crippen LogP contribution in [0.25, 0.3) is 0 Å². The van der Waals surface area contributed by atoms with Gasteiger partial charge in [0.15, 0.2) is 0 Å². The van der Waals surface area contributed by atoms with Crippen LogP contribution in [0.3, 0.4) is 0 Å². The summed E-state index contributed by atoms with van der Waals surface area (Å²) in [5.41, 5.74) is 0.232. The Kier molecular flexibility index (Phi) is 3.19. The van der Waals surface area contributed by atoms with Gasteiger partial charge in [0.1, 0.15) is 5.69 Å². The first-order valence-electron chi connectivity index (χ1n) is 5.70. The molecular weight excluding hydrogens is 276 g/mol. The van der Waals surface area contributed by atoms with Crippen LogP contribution in [0.5, 0.6) is 0 Å². The van der Waals surface area contributed by atoms with Crippen LogP contribution in [0.1, 0.15) is 36.7 Å². The lowest BCUT2D eigenvalue weighted by atomic mass is 10.3. The summed E-state index contributed by atoms with van der Waals surface area (Å²) in [7, 11) is -1.97. The zero-order chi connectivity index (χ0) is 13.6. The molecule has 1 aromatic heterocycles. The third-order valence-electron chi connectivity index (χ3n) is 3.45. The summed E-state index contributed by atoms with van der Waals surface area (Å²) in [5.74, 6) is -0.635. The molecule has 0 aliphatic heterocycles. The van der Waals surface area contributed by atoms with Crippen LogP contribution in [-0.4, -0.2) is 23.6 Å². The minimum Gasteiger partial charge on any atom is -0.345 e. The molecule has 0 spiro atoms. The van der Waals surface area contributed by atoms with Gasteiger partial charge >= 0.3 is 0 Å². The van der Waals surface area contributed by atoms with E-state index in [0.29, 0.717) is 24.3 Å². The van der Waals surface area contributed by atoms with E-state index in [0.717, 1.165) is 0 Å². The van der Waals surface area contributed by atoms with Gasteiger partial charge in [-0.1, -0.05) is 18.5 Å². The Morgan fingerprint density at radius 1 is 1.56 bits per heavy atom. The molecule has 0 unspecified atom stereocenters. The van der Waals surface area contributed by atoms with Crippen molar-refractivity contribution < 1.29 is 13.2 Å². The fourth-order valence-corrected chi connectivity index (χ4v) is 3.82. The van der Waals surface area contributed by atoms with Crippen molar-refractivity contribution in [2.24, 2.45) is 7.05 Å². The van der Waals surface area contributed by atoms with E-state index >= 15 is 0 Å². The van der Waals surface area contributed by atoms with Crippen molar-refractivity contribution in [1.29, 1.82) is 0 Å². The van der Waals surface area contributed by atoms with Gasteiger partial charge in [0.2, 0.25) is 10.0 Å². The quantitative estimate of drug-likeness (QED) is 0.917. The topological polar surface area (TPSA) is 68.2 Å². The number of halogens is 1. The molecule has 0 aromatic carbocycles. The van der Waals surface area contributed by atoms with E-state index in [1.165, 1.54) is 10.6 Å². The normalized spacial score (nSPS) is 17.5. The SMILES string of the molecule is CCC1(S(=O)(=O)NC(=O)c2cc(Cl)cn2C)CC1. The van der Waals surface area contributed by atoms with E-state index in [9.17, 15) is 13.2 Å². The van der Waals surface area contributed by atoms with Crippen LogP contribution in [0.2, 0.25) is 5.02 Å². The van der Waals surface area contributed by atoms with Gasteiger partial charge in [0.05, 0.1) is 9.77 Å². The molecule has 1 heterocycles. The fraction of sp³-hybridized carbons (Fsp3) is 0.545. The van der Waals surface area contributed by atoms with Gasteiger partial charge in [-0.15, -0.1) is 0 Å². The monoisotopic (exact) mass is 290 g/mol. The van der Waals surface area contributed by atoms with Gasteiger partial charge in [0.25, 0.3) is 5.91 Å². The second-order valence-electron chi connectivity index (χ2n) is 4.63. The lowest BCUT2D eigenvalue weighted by Crippen LogP contribution is -2.40. The summed E-state index contributed by atoms with van der Waals surface area (Å²) in [5, 5.41) is 0.400. The second-order valence-corrected chi connectivity index (χ2v) is 7.14. The molecule has 1 fully saturated rings. The van der Waals surface area contributed by atoms with Gasteiger partial charge in [-0.3, -0.25) is 4.79 Å². The Morgan fingerprint density at radius 2 is 2.17 bits per heavy atom. The molecule has 1 aliphatic carbocycles. The predicted octanol–water partition coefficient (Wildman–Crippen LogP) is 1.68. The van der Waals surface area contributed by atoms with Crippen molar-refractivity contribution in [1.82, 2.24) is 9.29 Å². The fourth-order valence-electron chi connectivity index (χ4n) is 1.98. The molecule has 7 heteroatoms. The Morgan fingerprint density at radius 3 is 2.56 bits per heavy atom. The van der Waals surface area contributed by atoms with E-state index in [2.05, 4.69) is 4.72 Å². The number of aryl methyl sites for hydroxylation is 1. The molecule has 1 saturated carbocycles. The first-order valence-corrected chi connectivity index (χ1v) is 7.56. The van der Waals surface area contributed by atoms with Crippen molar-refractivity contribution in [2.75, 3.05) is 0 Å². The average molecular weight is 291 g/mol. The third-order valence-corrected chi connectivity index (χ3v) is 5.95. The number of amides is 1. The van der Waals surface area contributed by atoms with Crippen molar-refractivity contribution in [3.05, 3.63) is 23.0 Å². The number of carbonyl (C=O) groups is 1. The number of rotatable bonds is 4. The molecule has 2 rings (SSSR count). The maximum absolute atomic E-state index is 12.1. The highest BCUT2D eigenvalue weighted by molar-refractivity contribution is 7.91. The van der Waals surface area contributed by atoms with Gasteiger partial charge in [0, 0.05) is 13.2 Å². The first kappa shape index (κ1) is 13.4. The van der Waals surface area contributed by atoms with Gasteiger partial charge in [-0.25, -0.2) is 13.1 Å². The molecule has 1 amide bonds. The summed E-state index contributed by atoms with van der Waals surface area (Å²) in [6.07, 6.45) is 3.29. The van der Waals surface area contributed by atoms with Crippen molar-refractivity contribution in [3.8, 4) is 0 Å². The van der Waals surface area contributed by atoms with E-state index in [-0.39, 0.29) is 5.69 Å². The molecule has 18 heavy (non-hydrogen) atoms. The average Bonchev–Trinajstić information content (AvgIpc) is 3.00. The molecular formula is C11H15ClN2O3S. The lowest BCUT2D eigenvalue weighted by molar-refractivity contribution is 0.0973. The van der Waals surface area contributed by atoms with Gasteiger partial charge < -0.3 is 4.57 Å². The summed E-state index contributed by atoms with van der Waals surface area (Å²) < 4.78 is 27.0. The third kappa shape index (κ3) is 2.14. The molecule has 5 nitrogen and oxygen atoms in total. The highest BCUT2D eigenvalue weighted by atomic mass is 35.5. The van der Waals surface area contributed by atoms with Crippen molar-refractivity contribution >= 4 is 27.5 Å². The smallest absolute Gasteiger partial charge is 0.281 e. The molecule has 0 radical (unpaired) electrons. The lowest BCUT2D eigenvalue weighted by Gasteiger charge is -2.14. The van der Waals surface area contributed by atoms with Crippen LogP contribution in [-0.2, 0) is 17.1 Å². The Bertz CT molecular complexity index is 587. The van der Waals surface area contributed by atoms with E-state index in [1.54, 1.807) is 13.2 Å². The summed E-state index contributed by atoms with van der Waals surface area (Å²) in [4.78, 5) is 11.9. The number of carbonyl (C=O) groups excluding carboxylic acids is 1. The molecule has 1 N–H and O–H groups in total. The minimum atomic E-state index is -3.61. The van der Waals surface area contributed by atoms with Crippen LogP contribution >= 0.6 is 11.6 Å². The van der Waals surface area contributed by atoms with Crippen LogP contribution in [0.4, 0.5) is 0 Å². The van der Waals surface area contributed by atoms with Gasteiger partial charge in [-0.2, -0.15) is 0 Å². The van der Waals surface area contributed by atoms with Crippen molar-refractivity contribution in [3.63, 3.8) is 0 Å². The number of aromatic nitrogens is 1. The van der Waals surface area contributed by atoms with Crippen LogP contribution in [0, 0.1) is 0 Å². The number of sulfonamides is 1. The Balaban J connectivity index is 2.20. The van der Waals surface area contributed by atoms with E-state index in [4.69, 9.17) is 11.6 Å². The number of nitrogens with one attached hydrogen (secondary N) is 1. The zero-order valence-corrected chi connectivity index (χ0v) is 11.8. The molecule has 0 bridgehead atoms. The molecule has 0 saturated heterocycles. The molecule has 0 atom stereocenters. The molecule has 100 valence electrons. The zero-order valence-electron chi connectivity index (χ0n) is 10.2. The molecule has 1 aromatic rings. The summed E-state index contributed by atoms with van der Waals surface area (Å²) in [6, 6.07) is 1.44. The van der Waals surface area contributed by atoms with Gasteiger partial charge in [-0.05, 0) is 25.3 Å². The maximum Gasteiger partial charge on any atom is 0.281 e.